The fourth-order valence-corrected chi connectivity index (χ4v) is 3.65. The topological polar surface area (TPSA) is 12.0 Å². The molecular formula is C17H23N. The van der Waals surface area contributed by atoms with Gasteiger partial charge in [-0.15, -0.1) is 0 Å². The Labute approximate surface area is 110 Å². The van der Waals surface area contributed by atoms with Crippen molar-refractivity contribution in [3.8, 4) is 0 Å². The molecule has 0 spiro atoms. The summed E-state index contributed by atoms with van der Waals surface area (Å²) in [5, 5.41) is 3.71. The van der Waals surface area contributed by atoms with Crippen molar-refractivity contribution >= 4 is 5.69 Å². The molecule has 0 saturated heterocycles. The Morgan fingerprint density at radius 3 is 2.83 bits per heavy atom. The SMILES string of the molecule is CCc1cccc(NC(C)C2CC3C=CC2C3)c1. The van der Waals surface area contributed by atoms with Gasteiger partial charge in [-0.25, -0.2) is 0 Å². The van der Waals surface area contributed by atoms with Crippen molar-refractivity contribution in [3.63, 3.8) is 0 Å². The third-order valence-electron chi connectivity index (χ3n) is 4.70. The standard InChI is InChI=1S/C17H23N/c1-3-13-5-4-6-16(10-13)18-12(2)17-11-14-7-8-15(17)9-14/h4-8,10,12,14-15,17-18H,3,9,11H2,1-2H3. The van der Waals surface area contributed by atoms with Crippen LogP contribution in [0, 0.1) is 17.8 Å². The van der Waals surface area contributed by atoms with Crippen LogP contribution in [-0.2, 0) is 6.42 Å². The average Bonchev–Trinajstić information content (AvgIpc) is 3.01. The molecule has 2 aliphatic carbocycles. The van der Waals surface area contributed by atoms with Crippen molar-refractivity contribution in [3.05, 3.63) is 42.0 Å². The summed E-state index contributed by atoms with van der Waals surface area (Å²) in [6, 6.07) is 9.43. The summed E-state index contributed by atoms with van der Waals surface area (Å²) in [6.07, 6.45) is 8.75. The molecule has 1 N–H and O–H groups in total. The first-order valence-electron chi connectivity index (χ1n) is 7.30. The molecule has 0 aromatic heterocycles. The largest absolute Gasteiger partial charge is 0.382 e. The molecule has 0 radical (unpaired) electrons. The van der Waals surface area contributed by atoms with Crippen LogP contribution >= 0.6 is 0 Å². The van der Waals surface area contributed by atoms with Gasteiger partial charge in [-0.1, -0.05) is 31.2 Å². The Hall–Kier alpha value is -1.24. The highest BCUT2D eigenvalue weighted by Crippen LogP contribution is 2.45. The van der Waals surface area contributed by atoms with Crippen LogP contribution < -0.4 is 5.32 Å². The molecule has 0 amide bonds. The fraction of sp³-hybridized carbons (Fsp3) is 0.529. The van der Waals surface area contributed by atoms with Crippen LogP contribution in [0.4, 0.5) is 5.69 Å². The van der Waals surface area contributed by atoms with E-state index < -0.39 is 0 Å². The minimum atomic E-state index is 0.581. The highest BCUT2D eigenvalue weighted by molar-refractivity contribution is 5.46. The molecule has 0 heterocycles. The number of fused-ring (bicyclic) bond motifs is 2. The van der Waals surface area contributed by atoms with Gasteiger partial charge in [0.1, 0.15) is 0 Å². The number of nitrogens with one attached hydrogen (secondary N) is 1. The van der Waals surface area contributed by atoms with Crippen LogP contribution in [0.2, 0.25) is 0 Å². The molecule has 1 heteroatoms. The van der Waals surface area contributed by atoms with E-state index >= 15 is 0 Å². The van der Waals surface area contributed by atoms with Gasteiger partial charge < -0.3 is 5.32 Å². The Bertz CT molecular complexity index is 449. The number of hydrogen-bond donors (Lipinski definition) is 1. The van der Waals surface area contributed by atoms with E-state index in [0.29, 0.717) is 6.04 Å². The monoisotopic (exact) mass is 241 g/mol. The van der Waals surface area contributed by atoms with Crippen molar-refractivity contribution in [2.24, 2.45) is 17.8 Å². The van der Waals surface area contributed by atoms with Gasteiger partial charge in [0.15, 0.2) is 0 Å². The van der Waals surface area contributed by atoms with Crippen molar-refractivity contribution in [2.45, 2.75) is 39.2 Å². The molecule has 1 aromatic carbocycles. The first kappa shape index (κ1) is 11.8. The quantitative estimate of drug-likeness (QED) is 0.777. The zero-order valence-electron chi connectivity index (χ0n) is 11.4. The predicted octanol–water partition coefficient (Wildman–Crippen LogP) is 4.26. The molecule has 18 heavy (non-hydrogen) atoms. The van der Waals surface area contributed by atoms with Crippen LogP contribution in [0.3, 0.4) is 0 Å². The second-order valence-corrected chi connectivity index (χ2v) is 5.93. The lowest BCUT2D eigenvalue weighted by atomic mass is 9.87. The van der Waals surface area contributed by atoms with Crippen molar-refractivity contribution < 1.29 is 0 Å². The summed E-state index contributed by atoms with van der Waals surface area (Å²) in [5.41, 5.74) is 2.70. The van der Waals surface area contributed by atoms with E-state index in [4.69, 9.17) is 0 Å². The predicted molar refractivity (Wildman–Crippen MR) is 77.7 cm³/mol. The lowest BCUT2D eigenvalue weighted by Gasteiger charge is -2.27. The number of allylic oxidation sites excluding steroid dienone is 2. The van der Waals surface area contributed by atoms with Gasteiger partial charge in [-0.2, -0.15) is 0 Å². The molecule has 4 unspecified atom stereocenters. The molecule has 1 aromatic rings. The molecule has 1 saturated carbocycles. The molecule has 2 aliphatic rings. The third-order valence-corrected chi connectivity index (χ3v) is 4.70. The smallest absolute Gasteiger partial charge is 0.0345 e. The Kier molecular flexibility index (Phi) is 3.15. The number of anilines is 1. The van der Waals surface area contributed by atoms with E-state index in [1.807, 2.05) is 0 Å². The van der Waals surface area contributed by atoms with E-state index in [2.05, 4.69) is 55.6 Å². The summed E-state index contributed by atoms with van der Waals surface area (Å²) in [7, 11) is 0. The number of hydrogen-bond acceptors (Lipinski definition) is 1. The number of aryl methyl sites for hydroxylation is 1. The maximum Gasteiger partial charge on any atom is 0.0345 e. The molecule has 3 rings (SSSR count). The minimum absolute atomic E-state index is 0.581. The van der Waals surface area contributed by atoms with Crippen LogP contribution in [0.25, 0.3) is 0 Å². The van der Waals surface area contributed by atoms with Crippen LogP contribution in [-0.4, -0.2) is 6.04 Å². The third kappa shape index (κ3) is 2.19. The van der Waals surface area contributed by atoms with Crippen molar-refractivity contribution in [1.29, 1.82) is 0 Å². The van der Waals surface area contributed by atoms with Crippen molar-refractivity contribution in [2.75, 3.05) is 5.32 Å². The minimum Gasteiger partial charge on any atom is -0.382 e. The second kappa shape index (κ2) is 4.79. The molecule has 1 nitrogen and oxygen atoms in total. The van der Waals surface area contributed by atoms with Gasteiger partial charge in [0.25, 0.3) is 0 Å². The molecule has 4 atom stereocenters. The number of benzene rings is 1. The van der Waals surface area contributed by atoms with E-state index in [1.165, 1.54) is 24.1 Å². The highest BCUT2D eigenvalue weighted by Gasteiger charge is 2.38. The van der Waals surface area contributed by atoms with Gasteiger partial charge in [0, 0.05) is 11.7 Å². The maximum atomic E-state index is 3.71. The number of rotatable bonds is 4. The zero-order valence-corrected chi connectivity index (χ0v) is 11.4. The molecule has 1 fully saturated rings. The maximum absolute atomic E-state index is 3.71. The summed E-state index contributed by atoms with van der Waals surface area (Å²) in [6.45, 7) is 4.56. The van der Waals surface area contributed by atoms with Gasteiger partial charge in [0.05, 0.1) is 0 Å². The second-order valence-electron chi connectivity index (χ2n) is 5.93. The van der Waals surface area contributed by atoms with E-state index in [-0.39, 0.29) is 0 Å². The summed E-state index contributed by atoms with van der Waals surface area (Å²) in [4.78, 5) is 0. The first-order valence-corrected chi connectivity index (χ1v) is 7.30. The normalized spacial score (nSPS) is 30.7. The van der Waals surface area contributed by atoms with Crippen LogP contribution in [0.1, 0.15) is 32.3 Å². The Morgan fingerprint density at radius 2 is 2.17 bits per heavy atom. The van der Waals surface area contributed by atoms with Crippen LogP contribution in [0.15, 0.2) is 36.4 Å². The Balaban J connectivity index is 1.67. The van der Waals surface area contributed by atoms with E-state index in [1.54, 1.807) is 0 Å². The van der Waals surface area contributed by atoms with Gasteiger partial charge in [-0.3, -0.25) is 0 Å². The molecule has 96 valence electrons. The molecule has 2 bridgehead atoms. The summed E-state index contributed by atoms with van der Waals surface area (Å²) >= 11 is 0. The van der Waals surface area contributed by atoms with Gasteiger partial charge in [-0.05, 0) is 61.6 Å². The van der Waals surface area contributed by atoms with Gasteiger partial charge >= 0.3 is 0 Å². The van der Waals surface area contributed by atoms with Crippen LogP contribution in [0.5, 0.6) is 0 Å². The molecular weight excluding hydrogens is 218 g/mol. The Morgan fingerprint density at radius 1 is 1.28 bits per heavy atom. The fourth-order valence-electron chi connectivity index (χ4n) is 3.65. The van der Waals surface area contributed by atoms with E-state index in [0.717, 1.165) is 24.2 Å². The average molecular weight is 241 g/mol. The summed E-state index contributed by atoms with van der Waals surface area (Å²) in [5.74, 6) is 2.52. The van der Waals surface area contributed by atoms with Crippen molar-refractivity contribution in [1.82, 2.24) is 0 Å². The highest BCUT2D eigenvalue weighted by atomic mass is 14.9. The lowest BCUT2D eigenvalue weighted by Crippen LogP contribution is -2.28. The van der Waals surface area contributed by atoms with Gasteiger partial charge in [0.2, 0.25) is 0 Å². The van der Waals surface area contributed by atoms with E-state index in [9.17, 15) is 0 Å². The summed E-state index contributed by atoms with van der Waals surface area (Å²) < 4.78 is 0. The molecule has 0 aliphatic heterocycles. The zero-order chi connectivity index (χ0) is 12.5. The lowest BCUT2D eigenvalue weighted by molar-refractivity contribution is 0.400. The first-order chi connectivity index (χ1) is 8.76.